The van der Waals surface area contributed by atoms with Gasteiger partial charge in [-0.2, -0.15) is 0 Å². The van der Waals surface area contributed by atoms with Gasteiger partial charge in [-0.1, -0.05) is 6.92 Å². The Balaban J connectivity index is 0.000000810. The van der Waals surface area contributed by atoms with Crippen molar-refractivity contribution in [1.82, 2.24) is 0 Å². The predicted molar refractivity (Wildman–Crippen MR) is 39.9 cm³/mol. The number of cyclic esters (lactones) is 1. The molecule has 1 rings (SSSR count). The molecular formula is C6H12ClNO2. The lowest BCUT2D eigenvalue weighted by molar-refractivity contribution is -0.141. The fourth-order valence-corrected chi connectivity index (χ4v) is 0.876. The van der Waals surface area contributed by atoms with Gasteiger partial charge in [-0.3, -0.25) is 4.79 Å². The molecule has 2 N–H and O–H groups in total. The van der Waals surface area contributed by atoms with Crippen LogP contribution in [0.15, 0.2) is 0 Å². The van der Waals surface area contributed by atoms with Crippen LogP contribution in [0.3, 0.4) is 0 Å². The molecule has 1 heterocycles. The Labute approximate surface area is 66.3 Å². The van der Waals surface area contributed by atoms with E-state index in [2.05, 4.69) is 0 Å². The zero-order valence-corrected chi connectivity index (χ0v) is 6.85. The van der Waals surface area contributed by atoms with Gasteiger partial charge in [0.05, 0.1) is 0 Å². The van der Waals surface area contributed by atoms with Crippen molar-refractivity contribution in [3.8, 4) is 0 Å². The number of hydrogen-bond donors (Lipinski definition) is 1. The van der Waals surface area contributed by atoms with E-state index in [1.807, 2.05) is 13.8 Å². The molecule has 0 spiro atoms. The van der Waals surface area contributed by atoms with E-state index in [0.717, 1.165) is 0 Å². The highest BCUT2D eigenvalue weighted by Crippen LogP contribution is 2.19. The van der Waals surface area contributed by atoms with Gasteiger partial charge >= 0.3 is 5.97 Å². The largest absolute Gasteiger partial charge is 0.461 e. The molecule has 0 unspecified atom stereocenters. The molecule has 0 bridgehead atoms. The monoisotopic (exact) mass is 165 g/mol. The molecule has 1 aliphatic rings. The molecule has 0 aromatic rings. The minimum Gasteiger partial charge on any atom is -0.461 e. The Morgan fingerprint density at radius 1 is 1.50 bits per heavy atom. The Kier molecular flexibility index (Phi) is 3.12. The second-order valence-electron chi connectivity index (χ2n) is 2.53. The molecule has 0 aromatic carbocycles. The minimum absolute atomic E-state index is 0. The molecule has 3 nitrogen and oxygen atoms in total. The van der Waals surface area contributed by atoms with Crippen LogP contribution in [-0.4, -0.2) is 18.1 Å². The van der Waals surface area contributed by atoms with Crippen LogP contribution in [0.5, 0.6) is 0 Å². The van der Waals surface area contributed by atoms with Gasteiger partial charge in [0, 0.05) is 5.92 Å². The van der Waals surface area contributed by atoms with Gasteiger partial charge < -0.3 is 10.5 Å². The van der Waals surface area contributed by atoms with Crippen LogP contribution in [0.2, 0.25) is 0 Å². The Hall–Kier alpha value is -0.280. The van der Waals surface area contributed by atoms with E-state index in [1.54, 1.807) is 0 Å². The Morgan fingerprint density at radius 2 is 2.00 bits per heavy atom. The normalized spacial score (nSPS) is 38.7. The molecule has 3 atom stereocenters. The first-order chi connectivity index (χ1) is 4.13. The van der Waals surface area contributed by atoms with E-state index >= 15 is 0 Å². The Bertz CT molecular complexity index is 140. The second-order valence-corrected chi connectivity index (χ2v) is 2.53. The lowest BCUT2D eigenvalue weighted by Gasteiger charge is -2.06. The minimum atomic E-state index is -0.403. The van der Waals surface area contributed by atoms with E-state index in [-0.39, 0.29) is 30.4 Å². The molecule has 1 saturated heterocycles. The Morgan fingerprint density at radius 3 is 2.10 bits per heavy atom. The fraction of sp³-hybridized carbons (Fsp3) is 0.833. The maximum Gasteiger partial charge on any atom is 0.323 e. The van der Waals surface area contributed by atoms with Gasteiger partial charge in [0.25, 0.3) is 0 Å². The van der Waals surface area contributed by atoms with Crippen LogP contribution >= 0.6 is 12.4 Å². The predicted octanol–water partition coefficient (Wildman–Crippen LogP) is 0.317. The number of nitrogens with two attached hydrogens (primary N) is 1. The third-order valence-electron chi connectivity index (χ3n) is 1.88. The lowest BCUT2D eigenvalue weighted by atomic mass is 10.0. The van der Waals surface area contributed by atoms with Gasteiger partial charge in [-0.15, -0.1) is 12.4 Å². The third-order valence-corrected chi connectivity index (χ3v) is 1.88. The van der Waals surface area contributed by atoms with E-state index in [4.69, 9.17) is 10.5 Å². The highest BCUT2D eigenvalue weighted by Gasteiger charge is 2.36. The molecule has 1 aliphatic heterocycles. The van der Waals surface area contributed by atoms with Crippen molar-refractivity contribution in [2.45, 2.75) is 26.0 Å². The summed E-state index contributed by atoms with van der Waals surface area (Å²) in [5.74, 6) is -0.104. The van der Waals surface area contributed by atoms with Gasteiger partial charge in [0.2, 0.25) is 0 Å². The summed E-state index contributed by atoms with van der Waals surface area (Å²) in [5.41, 5.74) is 5.44. The number of esters is 1. The first-order valence-corrected chi connectivity index (χ1v) is 3.09. The van der Waals surface area contributed by atoms with Gasteiger partial charge in [0.15, 0.2) is 0 Å². The number of carbonyl (C=O) groups excluding carboxylic acids is 1. The number of hydrogen-bond acceptors (Lipinski definition) is 3. The maximum atomic E-state index is 10.6. The van der Waals surface area contributed by atoms with Crippen molar-refractivity contribution >= 4 is 18.4 Å². The van der Waals surface area contributed by atoms with Crippen LogP contribution in [0, 0.1) is 5.92 Å². The molecule has 1 fully saturated rings. The third kappa shape index (κ3) is 1.41. The lowest BCUT2D eigenvalue weighted by Crippen LogP contribution is -2.31. The van der Waals surface area contributed by atoms with Crippen molar-refractivity contribution in [3.05, 3.63) is 0 Å². The van der Waals surface area contributed by atoms with Gasteiger partial charge in [-0.05, 0) is 6.92 Å². The molecule has 60 valence electrons. The molecule has 0 amide bonds. The molecule has 0 aromatic heterocycles. The zero-order chi connectivity index (χ0) is 7.02. The molecule has 0 aliphatic carbocycles. The average Bonchev–Trinajstić information content (AvgIpc) is 1.98. The highest BCUT2D eigenvalue weighted by molar-refractivity contribution is 5.85. The summed E-state index contributed by atoms with van der Waals surface area (Å²) in [6.07, 6.45) is -0.00694. The fourth-order valence-electron chi connectivity index (χ4n) is 0.876. The standard InChI is InChI=1S/C6H11NO2.ClH/c1-3-4(2)9-6(8)5(3)7;/h3-5H,7H2,1-2H3;1H/t3-,4-,5-;/m0./s1. The number of halogens is 1. The van der Waals surface area contributed by atoms with Crippen LogP contribution in [0.4, 0.5) is 0 Å². The number of carbonyl (C=O) groups is 1. The van der Waals surface area contributed by atoms with E-state index in [1.165, 1.54) is 0 Å². The molecule has 4 heteroatoms. The maximum absolute atomic E-state index is 10.6. The summed E-state index contributed by atoms with van der Waals surface area (Å²) in [4.78, 5) is 10.6. The molecular weight excluding hydrogens is 154 g/mol. The highest BCUT2D eigenvalue weighted by atomic mass is 35.5. The number of rotatable bonds is 0. The van der Waals surface area contributed by atoms with E-state index in [0.29, 0.717) is 0 Å². The molecule has 0 radical (unpaired) electrons. The van der Waals surface area contributed by atoms with E-state index < -0.39 is 6.04 Å². The zero-order valence-electron chi connectivity index (χ0n) is 6.03. The van der Waals surface area contributed by atoms with Crippen molar-refractivity contribution in [2.24, 2.45) is 11.7 Å². The summed E-state index contributed by atoms with van der Waals surface area (Å²) in [5, 5.41) is 0. The number of ether oxygens (including phenoxy) is 1. The van der Waals surface area contributed by atoms with Crippen molar-refractivity contribution in [2.75, 3.05) is 0 Å². The summed E-state index contributed by atoms with van der Waals surface area (Å²) in [7, 11) is 0. The van der Waals surface area contributed by atoms with Gasteiger partial charge in [0.1, 0.15) is 12.1 Å². The molecule has 10 heavy (non-hydrogen) atoms. The SMILES string of the molecule is C[C@H]1[C@H](C)OC(=O)[C@H]1N.Cl. The topological polar surface area (TPSA) is 52.3 Å². The van der Waals surface area contributed by atoms with Crippen LogP contribution in [0.1, 0.15) is 13.8 Å². The summed E-state index contributed by atoms with van der Waals surface area (Å²) >= 11 is 0. The van der Waals surface area contributed by atoms with Crippen molar-refractivity contribution < 1.29 is 9.53 Å². The van der Waals surface area contributed by atoms with Crippen LogP contribution in [-0.2, 0) is 9.53 Å². The molecule has 0 saturated carbocycles. The van der Waals surface area contributed by atoms with E-state index in [9.17, 15) is 4.79 Å². The van der Waals surface area contributed by atoms with Crippen LogP contribution in [0.25, 0.3) is 0 Å². The first kappa shape index (κ1) is 9.72. The smallest absolute Gasteiger partial charge is 0.323 e. The van der Waals surface area contributed by atoms with Crippen LogP contribution < -0.4 is 5.73 Å². The first-order valence-electron chi connectivity index (χ1n) is 3.09. The second kappa shape index (κ2) is 3.21. The van der Waals surface area contributed by atoms with Crippen molar-refractivity contribution in [1.29, 1.82) is 0 Å². The van der Waals surface area contributed by atoms with Crippen molar-refractivity contribution in [3.63, 3.8) is 0 Å². The summed E-state index contributed by atoms with van der Waals surface area (Å²) in [6.45, 7) is 3.77. The summed E-state index contributed by atoms with van der Waals surface area (Å²) < 4.78 is 4.82. The van der Waals surface area contributed by atoms with Gasteiger partial charge in [-0.25, -0.2) is 0 Å². The summed E-state index contributed by atoms with van der Waals surface area (Å²) in [6, 6.07) is -0.403. The average molecular weight is 166 g/mol. The quantitative estimate of drug-likeness (QED) is 0.526.